The predicted octanol–water partition coefficient (Wildman–Crippen LogP) is 16.6. The number of hydrogen-bond donors (Lipinski definition) is 0. The number of hydrogen-bond acceptors (Lipinski definition) is 8. The van der Waals surface area contributed by atoms with E-state index in [1.165, 1.54) is 109 Å². The fraction of sp³-hybridized carbons (Fsp3) is 0.544. The summed E-state index contributed by atoms with van der Waals surface area (Å²) in [5, 5.41) is 0. The van der Waals surface area contributed by atoms with Crippen molar-refractivity contribution in [2.75, 3.05) is 19.8 Å². The number of rotatable bonds is 36. The Morgan fingerprint density at radius 2 is 0.851 bits per heavy atom. The maximum atomic E-state index is 13.6. The zero-order chi connectivity index (χ0) is 48.0. The van der Waals surface area contributed by atoms with Crippen molar-refractivity contribution < 1.29 is 37.4 Å². The van der Waals surface area contributed by atoms with Gasteiger partial charge in [-0.1, -0.05) is 154 Å². The van der Waals surface area contributed by atoms with Crippen LogP contribution in [-0.4, -0.2) is 49.1 Å². The number of carbonyl (C=O) groups is 2. The Morgan fingerprint density at radius 3 is 1.34 bits per heavy atom. The first-order chi connectivity index (χ1) is 32.6. The summed E-state index contributed by atoms with van der Waals surface area (Å²) >= 11 is 0. The van der Waals surface area contributed by atoms with Crippen LogP contribution in [0.3, 0.4) is 0 Å². The maximum absolute atomic E-state index is 13.6. The van der Waals surface area contributed by atoms with Crippen molar-refractivity contribution in [1.29, 1.82) is 0 Å². The topological polar surface area (TPSA) is 89.5 Å². The van der Waals surface area contributed by atoms with Gasteiger partial charge in [-0.2, -0.15) is 0 Å². The zero-order valence-corrected chi connectivity index (χ0v) is 44.1. The Balaban J connectivity index is 1.23. The minimum atomic E-state index is -1.47. The number of unbranched alkanes of at least 4 members (excludes halogenated alkanes) is 18. The molecule has 0 bridgehead atoms. The van der Waals surface area contributed by atoms with E-state index in [1.54, 1.807) is 42.5 Å². The van der Waals surface area contributed by atoms with E-state index in [0.717, 1.165) is 49.0 Å². The van der Waals surface area contributed by atoms with Crippen molar-refractivity contribution in [2.24, 2.45) is 0 Å². The van der Waals surface area contributed by atoms with Crippen LogP contribution >= 0.6 is 0 Å². The third-order valence-corrected chi connectivity index (χ3v) is 17.3. The molecule has 4 aromatic carbocycles. The molecule has 8 nitrogen and oxygen atoms in total. The molecule has 0 heterocycles. The van der Waals surface area contributed by atoms with E-state index in [4.69, 9.17) is 27.8 Å². The molecule has 0 aliphatic rings. The highest BCUT2D eigenvalue weighted by molar-refractivity contribution is 6.77. The van der Waals surface area contributed by atoms with Gasteiger partial charge in [0.25, 0.3) is 0 Å². The van der Waals surface area contributed by atoms with Crippen molar-refractivity contribution in [3.8, 4) is 39.9 Å². The fourth-order valence-corrected chi connectivity index (χ4v) is 14.1. The summed E-state index contributed by atoms with van der Waals surface area (Å²) < 4.78 is 36.1. The van der Waals surface area contributed by atoms with Crippen LogP contribution in [0.2, 0.25) is 32.2 Å². The van der Waals surface area contributed by atoms with Crippen molar-refractivity contribution in [2.45, 2.75) is 181 Å². The Kier molecular flexibility index (Phi) is 26.7. The SMILES string of the molecule is CCCCCCCCOc1ccc(C(=O)Oc2ccc(-c3ccc(OC(=O)c4ccc(OCCCCCCCC)cc4OCCCCCCCCCCC[Si](C)(C)O[Si](C)C)cc3)cc2)cc1. The lowest BCUT2D eigenvalue weighted by atomic mass is 10.1. The van der Waals surface area contributed by atoms with Crippen LogP contribution in [0.25, 0.3) is 11.1 Å². The molecular formula is C57H83O8Si2. The van der Waals surface area contributed by atoms with Gasteiger partial charge in [-0.05, 0) is 123 Å². The first-order valence-corrected chi connectivity index (χ1v) is 31.4. The average molecular weight is 952 g/mol. The lowest BCUT2D eigenvalue weighted by Gasteiger charge is -2.25. The van der Waals surface area contributed by atoms with Crippen LogP contribution in [0.15, 0.2) is 91.0 Å². The summed E-state index contributed by atoms with van der Waals surface area (Å²) in [4.78, 5) is 26.5. The molecule has 0 spiro atoms. The van der Waals surface area contributed by atoms with E-state index in [0.29, 0.717) is 53.9 Å². The number of carbonyl (C=O) groups excluding carboxylic acids is 2. The molecule has 0 unspecified atom stereocenters. The van der Waals surface area contributed by atoms with Crippen LogP contribution < -0.4 is 23.7 Å². The van der Waals surface area contributed by atoms with E-state index >= 15 is 0 Å². The first-order valence-electron chi connectivity index (χ1n) is 25.8. The molecule has 0 atom stereocenters. The largest absolute Gasteiger partial charge is 0.494 e. The summed E-state index contributed by atoms with van der Waals surface area (Å²) in [6, 6.07) is 28.5. The second-order valence-electron chi connectivity index (χ2n) is 18.8. The van der Waals surface area contributed by atoms with Crippen LogP contribution in [0.4, 0.5) is 0 Å². The number of benzene rings is 4. The van der Waals surface area contributed by atoms with Gasteiger partial charge in [0, 0.05) is 6.07 Å². The van der Waals surface area contributed by atoms with E-state index < -0.39 is 29.3 Å². The van der Waals surface area contributed by atoms with Crippen molar-refractivity contribution in [1.82, 2.24) is 0 Å². The predicted molar refractivity (Wildman–Crippen MR) is 280 cm³/mol. The molecule has 0 N–H and O–H groups in total. The Hall–Kier alpha value is -4.39. The van der Waals surface area contributed by atoms with Gasteiger partial charge in [0.1, 0.15) is 34.3 Å². The highest BCUT2D eigenvalue weighted by atomic mass is 28.4. The Labute approximate surface area is 407 Å². The Bertz CT molecular complexity index is 1950. The highest BCUT2D eigenvalue weighted by Crippen LogP contribution is 2.30. The molecule has 0 saturated carbocycles. The first kappa shape index (κ1) is 55.2. The van der Waals surface area contributed by atoms with Crippen molar-refractivity contribution in [3.63, 3.8) is 0 Å². The number of esters is 2. The summed E-state index contributed by atoms with van der Waals surface area (Å²) in [7, 11) is -2.07. The molecule has 4 rings (SSSR count). The fourth-order valence-electron chi connectivity index (χ4n) is 8.15. The van der Waals surface area contributed by atoms with Gasteiger partial charge in [0.2, 0.25) is 0 Å². The molecule has 0 saturated heterocycles. The van der Waals surface area contributed by atoms with E-state index in [1.807, 2.05) is 48.5 Å². The highest BCUT2D eigenvalue weighted by Gasteiger charge is 2.23. The van der Waals surface area contributed by atoms with Gasteiger partial charge in [0.05, 0.1) is 25.4 Å². The molecule has 367 valence electrons. The maximum Gasteiger partial charge on any atom is 0.347 e. The van der Waals surface area contributed by atoms with E-state index in [9.17, 15) is 9.59 Å². The van der Waals surface area contributed by atoms with Gasteiger partial charge in [-0.3, -0.25) is 0 Å². The van der Waals surface area contributed by atoms with Gasteiger partial charge in [0.15, 0.2) is 17.4 Å². The van der Waals surface area contributed by atoms with Gasteiger partial charge in [-0.15, -0.1) is 0 Å². The third kappa shape index (κ3) is 23.0. The lowest BCUT2D eigenvalue weighted by Crippen LogP contribution is -2.34. The van der Waals surface area contributed by atoms with Crippen LogP contribution in [0, 0.1) is 0 Å². The summed E-state index contributed by atoms with van der Waals surface area (Å²) in [6.07, 6.45) is 25.3. The standard InChI is InChI=1S/C57H83O8Si2/c1-7-9-11-13-20-24-42-60-50-34-32-49(33-35-50)56(58)63-51-36-28-47(29-37-51)48-30-38-52(39-31-48)64-57(59)54-41-40-53(61-43-25-21-14-12-10-8-2)46-55(54)62-44-26-22-18-16-15-17-19-23-27-45-67(5,6)65-66(3)4/h28-41,46H,7-27,42-45H2,1-6H3. The van der Waals surface area contributed by atoms with Gasteiger partial charge in [-0.25, -0.2) is 9.59 Å². The minimum absolute atomic E-state index is 0.372. The molecule has 4 aromatic rings. The number of ether oxygens (including phenoxy) is 5. The van der Waals surface area contributed by atoms with Crippen molar-refractivity contribution in [3.05, 3.63) is 102 Å². The van der Waals surface area contributed by atoms with Crippen LogP contribution in [0.1, 0.15) is 169 Å². The average Bonchev–Trinajstić information content (AvgIpc) is 3.31. The zero-order valence-electron chi connectivity index (χ0n) is 42.1. The van der Waals surface area contributed by atoms with Crippen LogP contribution in [-0.2, 0) is 4.12 Å². The third-order valence-electron chi connectivity index (χ3n) is 11.9. The van der Waals surface area contributed by atoms with E-state index in [2.05, 4.69) is 40.0 Å². The molecular weight excluding hydrogens is 869 g/mol. The van der Waals surface area contributed by atoms with Gasteiger partial charge < -0.3 is 27.8 Å². The van der Waals surface area contributed by atoms with E-state index in [-0.39, 0.29) is 0 Å². The minimum Gasteiger partial charge on any atom is -0.494 e. The van der Waals surface area contributed by atoms with Gasteiger partial charge >= 0.3 is 11.9 Å². The monoisotopic (exact) mass is 952 g/mol. The molecule has 10 heteroatoms. The smallest absolute Gasteiger partial charge is 0.347 e. The normalized spacial score (nSPS) is 11.4. The molecule has 67 heavy (non-hydrogen) atoms. The Morgan fingerprint density at radius 1 is 0.448 bits per heavy atom. The quantitative estimate of drug-likeness (QED) is 0.0193. The molecule has 0 aromatic heterocycles. The summed E-state index contributed by atoms with van der Waals surface area (Å²) in [6.45, 7) is 15.5. The molecule has 0 amide bonds. The molecule has 0 aliphatic heterocycles. The van der Waals surface area contributed by atoms with Crippen LogP contribution in [0.5, 0.6) is 28.7 Å². The summed E-state index contributed by atoms with van der Waals surface area (Å²) in [5.41, 5.74) is 2.69. The lowest BCUT2D eigenvalue weighted by molar-refractivity contribution is 0.0722. The van der Waals surface area contributed by atoms with Crippen molar-refractivity contribution >= 4 is 29.3 Å². The molecule has 1 radical (unpaired) electrons. The molecule has 0 aliphatic carbocycles. The second kappa shape index (κ2) is 32.4. The summed E-state index contributed by atoms with van der Waals surface area (Å²) in [5.74, 6) is 1.91. The molecule has 0 fully saturated rings. The second-order valence-corrected chi connectivity index (χ2v) is 25.4.